The smallest absolute Gasteiger partial charge is 0.0589 e. The molecule has 0 bridgehead atoms. The Morgan fingerprint density at radius 1 is 0.773 bits per heavy atom. The second-order valence-electron chi connectivity index (χ2n) is 7.22. The van der Waals surface area contributed by atoms with E-state index in [1.165, 1.54) is 0 Å². The molecule has 0 unspecified atom stereocenters. The van der Waals surface area contributed by atoms with Crippen LogP contribution in [0.1, 0.15) is 27.7 Å². The van der Waals surface area contributed by atoms with Crippen molar-refractivity contribution in [3.05, 3.63) is 0 Å². The summed E-state index contributed by atoms with van der Waals surface area (Å²) in [5.74, 6) is 0. The monoisotopic (exact) mass is 350 g/mol. The van der Waals surface area contributed by atoms with Gasteiger partial charge in [-0.3, -0.25) is 9.80 Å². The van der Waals surface area contributed by atoms with Gasteiger partial charge in [0.05, 0.1) is 13.2 Å². The van der Waals surface area contributed by atoms with Gasteiger partial charge < -0.3 is 9.47 Å². The van der Waals surface area contributed by atoms with E-state index in [-0.39, 0.29) is 9.49 Å². The van der Waals surface area contributed by atoms with Crippen molar-refractivity contribution in [2.45, 2.75) is 37.2 Å². The highest BCUT2D eigenvalue weighted by Gasteiger charge is 2.31. The quantitative estimate of drug-likeness (QED) is 0.683. The molecule has 0 aliphatic carbocycles. The lowest BCUT2D eigenvalue weighted by Gasteiger charge is -2.39. The highest BCUT2D eigenvalue weighted by Crippen LogP contribution is 2.44. The average Bonchev–Trinajstić information content (AvgIpc) is 2.44. The molecule has 1 aliphatic rings. The van der Waals surface area contributed by atoms with Crippen LogP contribution < -0.4 is 0 Å². The van der Waals surface area contributed by atoms with Crippen molar-refractivity contribution in [3.63, 3.8) is 0 Å². The van der Waals surface area contributed by atoms with E-state index in [1.807, 2.05) is 21.6 Å². The molecule has 1 heterocycles. The number of ether oxygens (including phenoxy) is 2. The Bertz CT molecular complexity index is 285. The molecule has 1 rings (SSSR count). The molecule has 0 saturated carbocycles. The Hall–Kier alpha value is 0.540. The lowest BCUT2D eigenvalue weighted by molar-refractivity contribution is 0.112. The summed E-state index contributed by atoms with van der Waals surface area (Å²) in [6, 6.07) is 0. The minimum Gasteiger partial charge on any atom is -0.383 e. The summed E-state index contributed by atoms with van der Waals surface area (Å²) in [5.41, 5.74) is 0. The molecular formula is C16H34N2O2S2. The summed E-state index contributed by atoms with van der Waals surface area (Å²) in [4.78, 5) is 5.07. The number of methoxy groups -OCH3 is 2. The van der Waals surface area contributed by atoms with Gasteiger partial charge >= 0.3 is 0 Å². The third-order valence-electron chi connectivity index (χ3n) is 3.66. The van der Waals surface area contributed by atoms with Crippen LogP contribution in [0.2, 0.25) is 0 Å². The summed E-state index contributed by atoms with van der Waals surface area (Å²) in [7, 11) is 7.61. The van der Waals surface area contributed by atoms with Crippen LogP contribution in [0.25, 0.3) is 0 Å². The van der Waals surface area contributed by atoms with E-state index in [0.29, 0.717) is 0 Å². The fourth-order valence-corrected chi connectivity index (χ4v) is 5.21. The first-order valence-electron chi connectivity index (χ1n) is 8.07. The van der Waals surface area contributed by atoms with Crippen molar-refractivity contribution < 1.29 is 9.47 Å². The fraction of sp³-hybridized carbons (Fsp3) is 1.00. The molecule has 0 spiro atoms. The van der Waals surface area contributed by atoms with Crippen LogP contribution in [-0.4, -0.2) is 86.0 Å². The molecular weight excluding hydrogens is 316 g/mol. The SMILES string of the molecule is COCCN1CCN(CCOC)CC(C)(C)SSC(C)(C)C1. The zero-order chi connectivity index (χ0) is 16.6. The standard InChI is InChI=1S/C16H34N2O2S2/c1-15(2)13-17(9-11-19-5)7-8-18(10-12-20-6)14-16(3,4)22-21-15/h7-14H2,1-6H3. The Kier molecular flexibility index (Phi) is 9.12. The van der Waals surface area contributed by atoms with Gasteiger partial charge in [0.25, 0.3) is 0 Å². The van der Waals surface area contributed by atoms with E-state index in [2.05, 4.69) is 37.5 Å². The molecule has 0 aromatic heterocycles. The highest BCUT2D eigenvalue weighted by atomic mass is 33.1. The fourth-order valence-electron chi connectivity index (χ4n) is 2.62. The van der Waals surface area contributed by atoms with Crippen molar-refractivity contribution in [2.24, 2.45) is 0 Å². The Balaban J connectivity index is 2.73. The molecule has 0 atom stereocenters. The summed E-state index contributed by atoms with van der Waals surface area (Å²) in [6.07, 6.45) is 0. The molecule has 1 saturated heterocycles. The summed E-state index contributed by atoms with van der Waals surface area (Å²) in [5, 5.41) is 0. The third-order valence-corrected chi connectivity index (χ3v) is 7.86. The zero-order valence-corrected chi connectivity index (χ0v) is 16.8. The van der Waals surface area contributed by atoms with E-state index >= 15 is 0 Å². The van der Waals surface area contributed by atoms with Gasteiger partial charge in [-0.25, -0.2) is 0 Å². The average molecular weight is 351 g/mol. The van der Waals surface area contributed by atoms with Crippen molar-refractivity contribution in [2.75, 3.05) is 66.7 Å². The number of hydrogen-bond acceptors (Lipinski definition) is 6. The van der Waals surface area contributed by atoms with E-state index in [0.717, 1.165) is 52.5 Å². The van der Waals surface area contributed by atoms with Crippen LogP contribution in [0.5, 0.6) is 0 Å². The topological polar surface area (TPSA) is 24.9 Å². The zero-order valence-electron chi connectivity index (χ0n) is 15.2. The van der Waals surface area contributed by atoms with Gasteiger partial charge in [-0.05, 0) is 27.7 Å². The van der Waals surface area contributed by atoms with Gasteiger partial charge in [0.1, 0.15) is 0 Å². The van der Waals surface area contributed by atoms with Gasteiger partial charge in [0.15, 0.2) is 0 Å². The maximum absolute atomic E-state index is 5.28. The van der Waals surface area contributed by atoms with Gasteiger partial charge in [-0.1, -0.05) is 21.6 Å². The number of hydrogen-bond donors (Lipinski definition) is 0. The van der Waals surface area contributed by atoms with Gasteiger partial charge in [-0.2, -0.15) is 0 Å². The first-order valence-corrected chi connectivity index (χ1v) is 10.2. The first kappa shape index (κ1) is 20.6. The maximum atomic E-state index is 5.28. The Morgan fingerprint density at radius 3 is 1.45 bits per heavy atom. The van der Waals surface area contributed by atoms with Crippen LogP contribution in [-0.2, 0) is 9.47 Å². The molecule has 132 valence electrons. The highest BCUT2D eigenvalue weighted by molar-refractivity contribution is 8.77. The van der Waals surface area contributed by atoms with Gasteiger partial charge in [0, 0.05) is 63.0 Å². The van der Waals surface area contributed by atoms with Gasteiger partial charge in [-0.15, -0.1) is 0 Å². The van der Waals surface area contributed by atoms with Crippen molar-refractivity contribution in [1.82, 2.24) is 9.80 Å². The second kappa shape index (κ2) is 9.74. The number of nitrogens with zero attached hydrogens (tertiary/aromatic N) is 2. The second-order valence-corrected chi connectivity index (χ2v) is 10.8. The van der Waals surface area contributed by atoms with E-state index < -0.39 is 0 Å². The lowest BCUT2D eigenvalue weighted by atomic mass is 10.1. The van der Waals surface area contributed by atoms with Crippen molar-refractivity contribution >= 4 is 21.6 Å². The maximum Gasteiger partial charge on any atom is 0.0589 e. The van der Waals surface area contributed by atoms with Gasteiger partial charge in [0.2, 0.25) is 0 Å². The molecule has 0 radical (unpaired) electrons. The largest absolute Gasteiger partial charge is 0.383 e. The van der Waals surface area contributed by atoms with Crippen LogP contribution >= 0.6 is 21.6 Å². The number of rotatable bonds is 6. The molecule has 1 fully saturated rings. The van der Waals surface area contributed by atoms with Crippen LogP contribution in [0.15, 0.2) is 0 Å². The molecule has 0 aromatic rings. The first-order chi connectivity index (χ1) is 10.3. The molecule has 0 amide bonds. The predicted molar refractivity (Wildman–Crippen MR) is 100.0 cm³/mol. The van der Waals surface area contributed by atoms with Crippen molar-refractivity contribution in [1.29, 1.82) is 0 Å². The van der Waals surface area contributed by atoms with E-state index in [9.17, 15) is 0 Å². The minimum atomic E-state index is 0.254. The van der Waals surface area contributed by atoms with Crippen molar-refractivity contribution in [3.8, 4) is 0 Å². The predicted octanol–water partition coefficient (Wildman–Crippen LogP) is 2.84. The Labute approximate surface area is 145 Å². The molecule has 22 heavy (non-hydrogen) atoms. The van der Waals surface area contributed by atoms with E-state index in [1.54, 1.807) is 14.2 Å². The molecule has 1 aliphatic heterocycles. The molecule has 0 N–H and O–H groups in total. The molecule has 6 heteroatoms. The van der Waals surface area contributed by atoms with E-state index in [4.69, 9.17) is 9.47 Å². The molecule has 4 nitrogen and oxygen atoms in total. The summed E-state index contributed by atoms with van der Waals surface area (Å²) < 4.78 is 11.1. The van der Waals surface area contributed by atoms with Crippen LogP contribution in [0, 0.1) is 0 Å². The summed E-state index contributed by atoms with van der Waals surface area (Å²) in [6.45, 7) is 17.4. The minimum absolute atomic E-state index is 0.254. The van der Waals surface area contributed by atoms with Crippen LogP contribution in [0.4, 0.5) is 0 Å². The lowest BCUT2D eigenvalue weighted by Crippen LogP contribution is -2.47. The third kappa shape index (κ3) is 8.41. The normalized spacial score (nSPS) is 24.3. The Morgan fingerprint density at radius 2 is 1.14 bits per heavy atom. The van der Waals surface area contributed by atoms with Crippen LogP contribution in [0.3, 0.4) is 0 Å². The molecule has 0 aromatic carbocycles. The summed E-state index contributed by atoms with van der Waals surface area (Å²) >= 11 is 0.